The lowest BCUT2D eigenvalue weighted by Crippen LogP contribution is -2.42. The summed E-state index contributed by atoms with van der Waals surface area (Å²) in [6, 6.07) is 5.95. The number of piperidine rings is 1. The first-order valence-corrected chi connectivity index (χ1v) is 11.5. The van der Waals surface area contributed by atoms with Gasteiger partial charge < -0.3 is 9.64 Å². The Balaban J connectivity index is 1.44. The minimum Gasteiger partial charge on any atom is -0.379 e. The average molecular weight is 415 g/mol. The van der Waals surface area contributed by atoms with Gasteiger partial charge in [0.15, 0.2) is 9.84 Å². The third-order valence-electron chi connectivity index (χ3n) is 5.41. The molecule has 2 fully saturated rings. The Hall–Kier alpha value is -1.15. The van der Waals surface area contributed by atoms with Crippen molar-refractivity contribution in [2.75, 3.05) is 51.7 Å². The molecule has 0 spiro atoms. The van der Waals surface area contributed by atoms with Crippen molar-refractivity contribution in [3.05, 3.63) is 29.3 Å². The van der Waals surface area contributed by atoms with Crippen LogP contribution in [0.25, 0.3) is 0 Å². The van der Waals surface area contributed by atoms with Gasteiger partial charge in [-0.05, 0) is 56.0 Å². The van der Waals surface area contributed by atoms with Crippen molar-refractivity contribution in [3.8, 4) is 0 Å². The third-order valence-corrected chi connectivity index (χ3v) is 7.28. The number of carbonyl (C=O) groups excluding carboxylic acids is 1. The number of benzene rings is 1. The van der Waals surface area contributed by atoms with Crippen LogP contribution in [0.1, 0.15) is 19.3 Å². The number of amides is 1. The first kappa shape index (κ1) is 20.6. The number of halogens is 1. The molecule has 1 aromatic rings. The highest BCUT2D eigenvalue weighted by Crippen LogP contribution is 2.22. The number of hydrogen-bond donors (Lipinski definition) is 0. The van der Waals surface area contributed by atoms with Crippen LogP contribution in [0.4, 0.5) is 0 Å². The molecular formula is C19H27ClN2O4S. The second kappa shape index (κ2) is 9.37. The third kappa shape index (κ3) is 5.91. The molecule has 2 aliphatic heterocycles. The summed E-state index contributed by atoms with van der Waals surface area (Å²) in [5.41, 5.74) is 0. The van der Waals surface area contributed by atoms with Gasteiger partial charge in [-0.1, -0.05) is 11.6 Å². The van der Waals surface area contributed by atoms with Gasteiger partial charge in [0, 0.05) is 31.2 Å². The fourth-order valence-electron chi connectivity index (χ4n) is 3.64. The number of likely N-dealkylation sites (tertiary alicyclic amines) is 1. The summed E-state index contributed by atoms with van der Waals surface area (Å²) < 4.78 is 30.2. The van der Waals surface area contributed by atoms with Gasteiger partial charge in [-0.2, -0.15) is 0 Å². The van der Waals surface area contributed by atoms with Crippen molar-refractivity contribution in [2.45, 2.75) is 24.2 Å². The fourth-order valence-corrected chi connectivity index (χ4v) is 4.99. The maximum Gasteiger partial charge on any atom is 0.238 e. The SMILES string of the molecule is O=C(CS(=O)(=O)c1ccc(Cl)cc1)N1CCC(CCN2CCOCC2)CC1. The van der Waals surface area contributed by atoms with Crippen LogP contribution in [0, 0.1) is 5.92 Å². The van der Waals surface area contributed by atoms with E-state index in [1.165, 1.54) is 24.3 Å². The molecule has 2 heterocycles. The van der Waals surface area contributed by atoms with E-state index in [0.717, 1.165) is 52.1 Å². The number of rotatable bonds is 6. The first-order chi connectivity index (χ1) is 12.9. The molecule has 1 amide bonds. The van der Waals surface area contributed by atoms with E-state index >= 15 is 0 Å². The van der Waals surface area contributed by atoms with Crippen LogP contribution in [0.5, 0.6) is 0 Å². The van der Waals surface area contributed by atoms with Gasteiger partial charge in [-0.3, -0.25) is 9.69 Å². The van der Waals surface area contributed by atoms with Gasteiger partial charge >= 0.3 is 0 Å². The summed E-state index contributed by atoms with van der Waals surface area (Å²) >= 11 is 5.80. The topological polar surface area (TPSA) is 66.9 Å². The maximum atomic E-state index is 12.5. The summed E-state index contributed by atoms with van der Waals surface area (Å²) in [7, 11) is -3.63. The molecule has 2 saturated heterocycles. The molecule has 150 valence electrons. The number of nitrogens with zero attached hydrogens (tertiary/aromatic N) is 2. The molecule has 0 unspecified atom stereocenters. The summed E-state index contributed by atoms with van der Waals surface area (Å²) in [4.78, 5) is 16.7. The smallest absolute Gasteiger partial charge is 0.238 e. The van der Waals surface area contributed by atoms with Crippen LogP contribution in [0.3, 0.4) is 0 Å². The Kier molecular flexibility index (Phi) is 7.14. The Labute approximate surface area is 166 Å². The highest BCUT2D eigenvalue weighted by Gasteiger charge is 2.27. The van der Waals surface area contributed by atoms with E-state index in [9.17, 15) is 13.2 Å². The Morgan fingerprint density at radius 1 is 1.07 bits per heavy atom. The zero-order valence-corrected chi connectivity index (χ0v) is 17.1. The van der Waals surface area contributed by atoms with Gasteiger partial charge in [0.2, 0.25) is 5.91 Å². The average Bonchev–Trinajstić information content (AvgIpc) is 2.67. The maximum absolute atomic E-state index is 12.5. The molecule has 0 bridgehead atoms. The van der Waals surface area contributed by atoms with E-state index < -0.39 is 15.6 Å². The van der Waals surface area contributed by atoms with E-state index in [-0.39, 0.29) is 10.8 Å². The molecule has 0 atom stereocenters. The number of ether oxygens (including phenoxy) is 1. The van der Waals surface area contributed by atoms with Gasteiger partial charge in [0.1, 0.15) is 5.75 Å². The molecule has 0 radical (unpaired) electrons. The Morgan fingerprint density at radius 2 is 1.70 bits per heavy atom. The van der Waals surface area contributed by atoms with E-state index in [0.29, 0.717) is 24.0 Å². The lowest BCUT2D eigenvalue weighted by Gasteiger charge is -2.34. The molecule has 2 aliphatic rings. The molecule has 8 heteroatoms. The quantitative estimate of drug-likeness (QED) is 0.712. The number of hydrogen-bond acceptors (Lipinski definition) is 5. The van der Waals surface area contributed by atoms with E-state index in [1.807, 2.05) is 0 Å². The van der Waals surface area contributed by atoms with Crippen molar-refractivity contribution in [2.24, 2.45) is 5.92 Å². The normalized spacial score (nSPS) is 20.0. The van der Waals surface area contributed by atoms with Crippen molar-refractivity contribution >= 4 is 27.3 Å². The Morgan fingerprint density at radius 3 is 2.33 bits per heavy atom. The molecule has 3 rings (SSSR count). The summed E-state index contributed by atoms with van der Waals surface area (Å²) in [5.74, 6) is -0.186. The van der Waals surface area contributed by atoms with Crippen molar-refractivity contribution in [3.63, 3.8) is 0 Å². The van der Waals surface area contributed by atoms with E-state index in [2.05, 4.69) is 4.90 Å². The Bertz CT molecular complexity index is 725. The summed E-state index contributed by atoms with van der Waals surface area (Å²) in [5, 5.41) is 0.472. The molecule has 0 saturated carbocycles. The highest BCUT2D eigenvalue weighted by atomic mass is 35.5. The van der Waals surface area contributed by atoms with Crippen LogP contribution in [-0.4, -0.2) is 75.8 Å². The van der Waals surface area contributed by atoms with Crippen molar-refractivity contribution < 1.29 is 17.9 Å². The second-order valence-electron chi connectivity index (χ2n) is 7.28. The molecule has 1 aromatic carbocycles. The fraction of sp³-hybridized carbons (Fsp3) is 0.632. The van der Waals surface area contributed by atoms with Crippen molar-refractivity contribution in [1.82, 2.24) is 9.80 Å². The number of carbonyl (C=O) groups is 1. The summed E-state index contributed by atoms with van der Waals surface area (Å²) in [6.45, 7) is 5.99. The van der Waals surface area contributed by atoms with Gasteiger partial charge in [0.05, 0.1) is 18.1 Å². The lowest BCUT2D eigenvalue weighted by atomic mass is 9.93. The predicted octanol–water partition coefficient (Wildman–Crippen LogP) is 2.07. The van der Waals surface area contributed by atoms with Crippen molar-refractivity contribution in [1.29, 1.82) is 0 Å². The molecule has 0 aromatic heterocycles. The minimum absolute atomic E-state index is 0.139. The predicted molar refractivity (Wildman–Crippen MR) is 105 cm³/mol. The number of sulfone groups is 1. The largest absolute Gasteiger partial charge is 0.379 e. The van der Waals surface area contributed by atoms with Gasteiger partial charge in [-0.25, -0.2) is 8.42 Å². The number of morpholine rings is 1. The zero-order valence-electron chi connectivity index (χ0n) is 15.5. The van der Waals surface area contributed by atoms with Crippen LogP contribution in [-0.2, 0) is 19.4 Å². The lowest BCUT2D eigenvalue weighted by molar-refractivity contribution is -0.129. The van der Waals surface area contributed by atoms with Crippen LogP contribution >= 0.6 is 11.6 Å². The second-order valence-corrected chi connectivity index (χ2v) is 9.71. The first-order valence-electron chi connectivity index (χ1n) is 9.50. The summed E-state index contributed by atoms with van der Waals surface area (Å²) in [6.07, 6.45) is 3.01. The van der Waals surface area contributed by atoms with Crippen LogP contribution in [0.2, 0.25) is 5.02 Å². The zero-order chi connectivity index (χ0) is 19.3. The van der Waals surface area contributed by atoms with Gasteiger partial charge in [-0.15, -0.1) is 0 Å². The van der Waals surface area contributed by atoms with Crippen LogP contribution in [0.15, 0.2) is 29.2 Å². The molecule has 0 aliphatic carbocycles. The van der Waals surface area contributed by atoms with E-state index in [4.69, 9.17) is 16.3 Å². The van der Waals surface area contributed by atoms with Crippen LogP contribution < -0.4 is 0 Å². The minimum atomic E-state index is -3.63. The van der Waals surface area contributed by atoms with Gasteiger partial charge in [0.25, 0.3) is 0 Å². The van der Waals surface area contributed by atoms with E-state index in [1.54, 1.807) is 4.90 Å². The molecule has 6 nitrogen and oxygen atoms in total. The monoisotopic (exact) mass is 414 g/mol. The standard InChI is InChI=1S/C19H27ClN2O4S/c20-17-1-3-18(4-2-17)27(24,25)15-19(23)22-9-6-16(7-10-22)5-8-21-11-13-26-14-12-21/h1-4,16H,5-15H2. The molecule has 27 heavy (non-hydrogen) atoms. The molecular weight excluding hydrogens is 388 g/mol. The highest BCUT2D eigenvalue weighted by molar-refractivity contribution is 7.92. The molecule has 0 N–H and O–H groups in total.